The minimum atomic E-state index is -0.436. The molecule has 4 nitrogen and oxygen atoms in total. The van der Waals surface area contributed by atoms with Gasteiger partial charge in [0, 0.05) is 7.11 Å². The van der Waals surface area contributed by atoms with Crippen molar-refractivity contribution in [2.45, 2.75) is 50.8 Å². The normalized spacial score (nSPS) is 27.7. The number of nitrogens with one attached hydrogen (secondary N) is 1. The van der Waals surface area contributed by atoms with Crippen LogP contribution >= 0.6 is 12.4 Å². The average Bonchev–Trinajstić information content (AvgIpc) is 2.18. The molecule has 0 saturated heterocycles. The second kappa shape index (κ2) is 7.04. The molecule has 0 aromatic carbocycles. The number of rotatable bonds is 3. The highest BCUT2D eigenvalue weighted by molar-refractivity contribution is 5.85. The molecule has 0 aliphatic heterocycles. The first-order valence-electron chi connectivity index (χ1n) is 5.24. The van der Waals surface area contributed by atoms with E-state index in [1.165, 1.54) is 6.42 Å². The molecule has 3 N–H and O–H groups in total. The Morgan fingerprint density at radius 1 is 1.47 bits per heavy atom. The van der Waals surface area contributed by atoms with Gasteiger partial charge >= 0.3 is 0 Å². The van der Waals surface area contributed by atoms with Crippen LogP contribution in [0.5, 0.6) is 0 Å². The van der Waals surface area contributed by atoms with Crippen LogP contribution in [0.2, 0.25) is 0 Å². The van der Waals surface area contributed by atoms with E-state index < -0.39 is 6.04 Å². The molecule has 3 atom stereocenters. The van der Waals surface area contributed by atoms with Crippen molar-refractivity contribution in [3.05, 3.63) is 0 Å². The van der Waals surface area contributed by atoms with Crippen molar-refractivity contribution < 1.29 is 9.53 Å². The molecular weight excluding hydrogens is 216 g/mol. The Kier molecular flexibility index (Phi) is 6.89. The molecule has 90 valence electrons. The molecule has 0 heterocycles. The Morgan fingerprint density at radius 2 is 2.07 bits per heavy atom. The largest absolute Gasteiger partial charge is 0.379 e. The van der Waals surface area contributed by atoms with Gasteiger partial charge in [-0.2, -0.15) is 0 Å². The molecule has 1 rings (SSSR count). The summed E-state index contributed by atoms with van der Waals surface area (Å²) in [5.74, 6) is -0.0843. The van der Waals surface area contributed by atoms with Crippen molar-refractivity contribution >= 4 is 18.3 Å². The lowest BCUT2D eigenvalue weighted by Gasteiger charge is -2.31. The summed E-state index contributed by atoms with van der Waals surface area (Å²) < 4.78 is 5.33. The molecule has 5 heteroatoms. The van der Waals surface area contributed by atoms with Crippen molar-refractivity contribution in [2.75, 3.05) is 7.11 Å². The number of carbonyl (C=O) groups is 1. The third-order valence-electron chi connectivity index (χ3n) is 2.75. The lowest BCUT2D eigenvalue weighted by Crippen LogP contribution is -2.50. The number of nitrogens with two attached hydrogens (primary N) is 1. The number of methoxy groups -OCH3 is 1. The Labute approximate surface area is 97.3 Å². The molecule has 0 aromatic heterocycles. The third-order valence-corrected chi connectivity index (χ3v) is 2.75. The lowest BCUT2D eigenvalue weighted by atomic mass is 9.92. The fraction of sp³-hybridized carbons (Fsp3) is 0.900. The molecule has 2 unspecified atom stereocenters. The number of amides is 1. The van der Waals surface area contributed by atoms with Gasteiger partial charge in [-0.25, -0.2) is 0 Å². The quantitative estimate of drug-likeness (QED) is 0.763. The zero-order valence-corrected chi connectivity index (χ0v) is 10.2. The Morgan fingerprint density at radius 3 is 2.60 bits per heavy atom. The molecule has 0 aromatic rings. The van der Waals surface area contributed by atoms with E-state index in [-0.39, 0.29) is 30.5 Å². The lowest BCUT2D eigenvalue weighted by molar-refractivity contribution is -0.124. The molecule has 1 saturated carbocycles. The summed E-state index contributed by atoms with van der Waals surface area (Å²) in [6, 6.07) is -0.290. The van der Waals surface area contributed by atoms with E-state index in [1.807, 2.05) is 0 Å². The predicted molar refractivity (Wildman–Crippen MR) is 62.1 cm³/mol. The molecule has 0 radical (unpaired) electrons. The molecular formula is C10H21ClN2O2. The molecule has 1 aliphatic rings. The maximum absolute atomic E-state index is 11.4. The highest BCUT2D eigenvalue weighted by Gasteiger charge is 2.26. The van der Waals surface area contributed by atoms with E-state index in [1.54, 1.807) is 14.0 Å². The van der Waals surface area contributed by atoms with Crippen molar-refractivity contribution in [3.63, 3.8) is 0 Å². The molecule has 1 amide bonds. The average molecular weight is 237 g/mol. The van der Waals surface area contributed by atoms with E-state index in [0.717, 1.165) is 19.3 Å². The number of hydrogen-bond acceptors (Lipinski definition) is 3. The summed E-state index contributed by atoms with van der Waals surface area (Å²) in [4.78, 5) is 11.4. The fourth-order valence-electron chi connectivity index (χ4n) is 1.86. The van der Waals surface area contributed by atoms with Gasteiger partial charge in [0.15, 0.2) is 0 Å². The van der Waals surface area contributed by atoms with E-state index in [4.69, 9.17) is 10.5 Å². The summed E-state index contributed by atoms with van der Waals surface area (Å²) in [5.41, 5.74) is 5.49. The maximum atomic E-state index is 11.4. The van der Waals surface area contributed by atoms with Crippen LogP contribution in [-0.4, -0.2) is 31.2 Å². The molecule has 1 fully saturated rings. The molecule has 15 heavy (non-hydrogen) atoms. The van der Waals surface area contributed by atoms with Crippen LogP contribution in [0, 0.1) is 0 Å². The first-order valence-corrected chi connectivity index (χ1v) is 5.24. The monoisotopic (exact) mass is 236 g/mol. The number of carbonyl (C=O) groups excluding carboxylic acids is 1. The van der Waals surface area contributed by atoms with Crippen LogP contribution in [0.3, 0.4) is 0 Å². The van der Waals surface area contributed by atoms with Gasteiger partial charge in [0.2, 0.25) is 5.91 Å². The topological polar surface area (TPSA) is 64.3 Å². The predicted octanol–water partition coefficient (Wildman–Crippen LogP) is 0.829. The first kappa shape index (κ1) is 14.7. The highest BCUT2D eigenvalue weighted by Crippen LogP contribution is 2.20. The van der Waals surface area contributed by atoms with Crippen LogP contribution in [0.1, 0.15) is 32.6 Å². The van der Waals surface area contributed by atoms with E-state index in [0.29, 0.717) is 0 Å². The minimum Gasteiger partial charge on any atom is -0.379 e. The van der Waals surface area contributed by atoms with Gasteiger partial charge in [-0.1, -0.05) is 12.8 Å². The summed E-state index contributed by atoms with van der Waals surface area (Å²) in [6.07, 6.45) is 4.52. The summed E-state index contributed by atoms with van der Waals surface area (Å²) in [7, 11) is 1.70. The zero-order valence-electron chi connectivity index (χ0n) is 9.36. The van der Waals surface area contributed by atoms with Gasteiger partial charge in [-0.05, 0) is 19.8 Å². The van der Waals surface area contributed by atoms with E-state index >= 15 is 0 Å². The molecule has 0 bridgehead atoms. The Balaban J connectivity index is 0.00000196. The third kappa shape index (κ3) is 4.36. The van der Waals surface area contributed by atoms with E-state index in [9.17, 15) is 4.79 Å². The van der Waals surface area contributed by atoms with Gasteiger partial charge in [0.1, 0.15) is 0 Å². The minimum absolute atomic E-state index is 0. The van der Waals surface area contributed by atoms with Gasteiger partial charge in [-0.3, -0.25) is 4.79 Å². The van der Waals surface area contributed by atoms with Gasteiger partial charge in [0.05, 0.1) is 18.2 Å². The van der Waals surface area contributed by atoms with Crippen molar-refractivity contribution in [1.82, 2.24) is 5.32 Å². The number of ether oxygens (including phenoxy) is 1. The second-order valence-corrected chi connectivity index (χ2v) is 3.96. The highest BCUT2D eigenvalue weighted by atomic mass is 35.5. The van der Waals surface area contributed by atoms with Gasteiger partial charge in [0.25, 0.3) is 0 Å². The smallest absolute Gasteiger partial charge is 0.236 e. The maximum Gasteiger partial charge on any atom is 0.236 e. The van der Waals surface area contributed by atoms with Crippen molar-refractivity contribution in [1.29, 1.82) is 0 Å². The summed E-state index contributed by atoms with van der Waals surface area (Å²) in [6.45, 7) is 1.69. The fourth-order valence-corrected chi connectivity index (χ4v) is 1.86. The summed E-state index contributed by atoms with van der Waals surface area (Å²) in [5, 5.41) is 2.93. The summed E-state index contributed by atoms with van der Waals surface area (Å²) >= 11 is 0. The SMILES string of the molecule is COC1CCCCC1NC(=O)[C@H](C)N.Cl. The van der Waals surface area contributed by atoms with Gasteiger partial charge < -0.3 is 15.8 Å². The van der Waals surface area contributed by atoms with Crippen molar-refractivity contribution in [2.24, 2.45) is 5.73 Å². The molecule has 1 aliphatic carbocycles. The second-order valence-electron chi connectivity index (χ2n) is 3.96. The van der Waals surface area contributed by atoms with Gasteiger partial charge in [-0.15, -0.1) is 12.4 Å². The van der Waals surface area contributed by atoms with Crippen molar-refractivity contribution in [3.8, 4) is 0 Å². The zero-order chi connectivity index (χ0) is 10.6. The number of halogens is 1. The Hall–Kier alpha value is -0.320. The first-order chi connectivity index (χ1) is 6.65. The van der Waals surface area contributed by atoms with Crippen LogP contribution in [0.25, 0.3) is 0 Å². The standard InChI is InChI=1S/C10H20N2O2.ClH/c1-7(11)10(13)12-8-5-3-4-6-9(8)14-2;/h7-9H,3-6,11H2,1-2H3,(H,12,13);1H/t7-,8?,9?;/m0./s1. The van der Waals surface area contributed by atoms with Crippen LogP contribution in [0.15, 0.2) is 0 Å². The van der Waals surface area contributed by atoms with E-state index in [2.05, 4.69) is 5.32 Å². The van der Waals surface area contributed by atoms with Crippen LogP contribution in [0.4, 0.5) is 0 Å². The number of hydrogen-bond donors (Lipinski definition) is 2. The molecule has 0 spiro atoms. The van der Waals surface area contributed by atoms with Crippen LogP contribution in [-0.2, 0) is 9.53 Å². The van der Waals surface area contributed by atoms with Crippen LogP contribution < -0.4 is 11.1 Å². The Bertz CT molecular complexity index is 200.